The number of nitrogens with two attached hydrogens (primary N) is 1. The van der Waals surface area contributed by atoms with E-state index >= 15 is 0 Å². The monoisotopic (exact) mass is 314 g/mol. The van der Waals surface area contributed by atoms with E-state index in [2.05, 4.69) is 16.8 Å². The van der Waals surface area contributed by atoms with Crippen LogP contribution in [0.25, 0.3) is 10.9 Å². The van der Waals surface area contributed by atoms with Gasteiger partial charge >= 0.3 is 0 Å². The number of anilines is 1. The molecule has 1 saturated heterocycles. The third-order valence-electron chi connectivity index (χ3n) is 4.87. The number of non-ortho nitro benzene ring substituents is 1. The molecule has 0 amide bonds. The Kier molecular flexibility index (Phi) is 4.17. The van der Waals surface area contributed by atoms with Gasteiger partial charge in [0.2, 0.25) is 0 Å². The summed E-state index contributed by atoms with van der Waals surface area (Å²) in [4.78, 5) is 17.6. The average Bonchev–Trinajstić information content (AvgIpc) is 2.54. The summed E-state index contributed by atoms with van der Waals surface area (Å²) in [5.41, 5.74) is 8.76. The molecule has 1 aliphatic rings. The molecule has 2 N–H and O–H groups in total. The molecule has 6 nitrogen and oxygen atoms in total. The number of nitro benzene ring substituents is 1. The summed E-state index contributed by atoms with van der Waals surface area (Å²) in [7, 11) is 0. The molecular formula is C17H22N4O2. The van der Waals surface area contributed by atoms with Crippen molar-refractivity contribution in [2.45, 2.75) is 20.3 Å². The van der Waals surface area contributed by atoms with Crippen LogP contribution in [0.4, 0.5) is 11.4 Å². The van der Waals surface area contributed by atoms with Crippen LogP contribution in [0.2, 0.25) is 0 Å². The highest BCUT2D eigenvalue weighted by atomic mass is 16.6. The van der Waals surface area contributed by atoms with Gasteiger partial charge in [0.05, 0.1) is 10.4 Å². The second-order valence-corrected chi connectivity index (χ2v) is 6.45. The van der Waals surface area contributed by atoms with E-state index in [0.717, 1.165) is 41.8 Å². The van der Waals surface area contributed by atoms with Crippen molar-refractivity contribution in [3.8, 4) is 0 Å². The van der Waals surface area contributed by atoms with Crippen LogP contribution in [-0.2, 0) is 0 Å². The molecule has 1 aromatic heterocycles. The predicted molar refractivity (Wildman–Crippen MR) is 91.7 cm³/mol. The number of nitro groups is 1. The minimum absolute atomic E-state index is 0.102. The van der Waals surface area contributed by atoms with Crippen LogP contribution < -0.4 is 10.6 Å². The Morgan fingerprint density at radius 3 is 2.91 bits per heavy atom. The number of benzene rings is 1. The SMILES string of the molecule is Cc1cc(N2CCC(C)C(CN)C2)c2cc([N+](=O)[O-])ccc2n1. The zero-order valence-electron chi connectivity index (χ0n) is 13.5. The van der Waals surface area contributed by atoms with Crippen LogP contribution in [0.15, 0.2) is 24.3 Å². The van der Waals surface area contributed by atoms with Gasteiger partial charge in [0, 0.05) is 42.0 Å². The van der Waals surface area contributed by atoms with Gasteiger partial charge in [-0.1, -0.05) is 6.92 Å². The molecule has 2 atom stereocenters. The highest BCUT2D eigenvalue weighted by Gasteiger charge is 2.26. The molecule has 1 aliphatic heterocycles. The van der Waals surface area contributed by atoms with E-state index in [4.69, 9.17) is 5.73 Å². The van der Waals surface area contributed by atoms with E-state index in [1.54, 1.807) is 12.1 Å². The van der Waals surface area contributed by atoms with E-state index in [1.807, 2.05) is 13.0 Å². The zero-order chi connectivity index (χ0) is 16.6. The zero-order valence-corrected chi connectivity index (χ0v) is 13.5. The minimum atomic E-state index is -0.357. The van der Waals surface area contributed by atoms with Gasteiger partial charge in [0.25, 0.3) is 5.69 Å². The number of nitrogens with zero attached hydrogens (tertiary/aromatic N) is 3. The van der Waals surface area contributed by atoms with Gasteiger partial charge in [-0.15, -0.1) is 0 Å². The van der Waals surface area contributed by atoms with Crippen molar-refractivity contribution in [3.63, 3.8) is 0 Å². The first-order chi connectivity index (χ1) is 11.0. The first-order valence-electron chi connectivity index (χ1n) is 8.00. The van der Waals surface area contributed by atoms with Gasteiger partial charge in [0.15, 0.2) is 0 Å². The van der Waals surface area contributed by atoms with Crippen molar-refractivity contribution in [2.24, 2.45) is 17.6 Å². The van der Waals surface area contributed by atoms with Gasteiger partial charge in [-0.25, -0.2) is 0 Å². The van der Waals surface area contributed by atoms with Crippen LogP contribution in [0.5, 0.6) is 0 Å². The molecular weight excluding hydrogens is 292 g/mol. The van der Waals surface area contributed by atoms with Gasteiger partial charge in [-0.2, -0.15) is 0 Å². The summed E-state index contributed by atoms with van der Waals surface area (Å²) in [5, 5.41) is 11.9. The molecule has 122 valence electrons. The number of fused-ring (bicyclic) bond motifs is 1. The maximum Gasteiger partial charge on any atom is 0.270 e. The summed E-state index contributed by atoms with van der Waals surface area (Å²) >= 11 is 0. The van der Waals surface area contributed by atoms with Gasteiger partial charge < -0.3 is 10.6 Å². The maximum atomic E-state index is 11.1. The number of hydrogen-bond donors (Lipinski definition) is 1. The fourth-order valence-corrected chi connectivity index (χ4v) is 3.37. The minimum Gasteiger partial charge on any atom is -0.371 e. The van der Waals surface area contributed by atoms with Crippen LogP contribution >= 0.6 is 0 Å². The molecule has 0 saturated carbocycles. The molecule has 6 heteroatoms. The standard InChI is InChI=1S/C17H22N4O2/c1-11-5-6-20(10-13(11)9-18)17-7-12(2)19-16-4-3-14(21(22)23)8-15(16)17/h3-4,7-8,11,13H,5-6,9-10,18H2,1-2H3. The Bertz CT molecular complexity index is 747. The van der Waals surface area contributed by atoms with Crippen molar-refractivity contribution < 1.29 is 4.92 Å². The Morgan fingerprint density at radius 1 is 1.43 bits per heavy atom. The van der Waals surface area contributed by atoms with E-state index in [-0.39, 0.29) is 10.6 Å². The quantitative estimate of drug-likeness (QED) is 0.695. The summed E-state index contributed by atoms with van der Waals surface area (Å²) in [5.74, 6) is 1.06. The van der Waals surface area contributed by atoms with Crippen molar-refractivity contribution in [3.05, 3.63) is 40.1 Å². The van der Waals surface area contributed by atoms with Crippen molar-refractivity contribution in [1.82, 2.24) is 4.98 Å². The molecule has 2 unspecified atom stereocenters. The van der Waals surface area contributed by atoms with E-state index in [0.29, 0.717) is 18.4 Å². The summed E-state index contributed by atoms with van der Waals surface area (Å²) in [6.07, 6.45) is 1.08. The van der Waals surface area contributed by atoms with Crippen molar-refractivity contribution in [2.75, 3.05) is 24.5 Å². The predicted octanol–water partition coefficient (Wildman–Crippen LogP) is 2.87. The normalized spacial score (nSPS) is 21.6. The summed E-state index contributed by atoms with van der Waals surface area (Å²) < 4.78 is 0. The number of aryl methyl sites for hydroxylation is 1. The maximum absolute atomic E-state index is 11.1. The second kappa shape index (κ2) is 6.12. The molecule has 1 aromatic carbocycles. The van der Waals surface area contributed by atoms with Crippen LogP contribution in [0, 0.1) is 28.9 Å². The molecule has 0 radical (unpaired) electrons. The fraction of sp³-hybridized carbons (Fsp3) is 0.471. The fourth-order valence-electron chi connectivity index (χ4n) is 3.37. The highest BCUT2D eigenvalue weighted by Crippen LogP contribution is 2.33. The molecule has 23 heavy (non-hydrogen) atoms. The Labute approximate surface area is 135 Å². The Balaban J connectivity index is 2.08. The van der Waals surface area contributed by atoms with Crippen LogP contribution in [-0.4, -0.2) is 29.5 Å². The van der Waals surface area contributed by atoms with Gasteiger partial charge in [-0.05, 0) is 43.9 Å². The third kappa shape index (κ3) is 2.99. The van der Waals surface area contributed by atoms with E-state index in [1.165, 1.54) is 6.07 Å². The Morgan fingerprint density at radius 2 is 2.22 bits per heavy atom. The Hall–Kier alpha value is -2.21. The number of aromatic nitrogens is 1. The number of rotatable bonds is 3. The third-order valence-corrected chi connectivity index (χ3v) is 4.87. The van der Waals surface area contributed by atoms with Gasteiger partial charge in [0.1, 0.15) is 0 Å². The number of piperidine rings is 1. The lowest BCUT2D eigenvalue weighted by atomic mass is 9.86. The van der Waals surface area contributed by atoms with Gasteiger partial charge in [-0.3, -0.25) is 15.1 Å². The molecule has 3 rings (SSSR count). The summed E-state index contributed by atoms with van der Waals surface area (Å²) in [6.45, 7) is 6.70. The van der Waals surface area contributed by atoms with E-state index in [9.17, 15) is 10.1 Å². The lowest BCUT2D eigenvalue weighted by Crippen LogP contribution is -2.42. The number of pyridine rings is 1. The van der Waals surface area contributed by atoms with Crippen molar-refractivity contribution in [1.29, 1.82) is 0 Å². The molecule has 1 fully saturated rings. The van der Waals surface area contributed by atoms with Crippen LogP contribution in [0.1, 0.15) is 19.0 Å². The lowest BCUT2D eigenvalue weighted by Gasteiger charge is -2.38. The molecule has 0 bridgehead atoms. The molecule has 0 aliphatic carbocycles. The first kappa shape index (κ1) is 15.7. The second-order valence-electron chi connectivity index (χ2n) is 6.45. The molecule has 2 heterocycles. The topological polar surface area (TPSA) is 85.3 Å². The average molecular weight is 314 g/mol. The van der Waals surface area contributed by atoms with Crippen LogP contribution in [0.3, 0.4) is 0 Å². The smallest absolute Gasteiger partial charge is 0.270 e. The van der Waals surface area contributed by atoms with E-state index < -0.39 is 0 Å². The highest BCUT2D eigenvalue weighted by molar-refractivity contribution is 5.93. The number of hydrogen-bond acceptors (Lipinski definition) is 5. The molecule has 0 spiro atoms. The first-order valence-corrected chi connectivity index (χ1v) is 8.00. The lowest BCUT2D eigenvalue weighted by molar-refractivity contribution is -0.384. The summed E-state index contributed by atoms with van der Waals surface area (Å²) in [6, 6.07) is 6.90. The largest absolute Gasteiger partial charge is 0.371 e. The molecule has 2 aromatic rings. The van der Waals surface area contributed by atoms with Crippen molar-refractivity contribution >= 4 is 22.3 Å².